The first-order valence-corrected chi connectivity index (χ1v) is 11.0. The second-order valence-electron chi connectivity index (χ2n) is 7.25. The van der Waals surface area contributed by atoms with Crippen LogP contribution < -0.4 is 5.32 Å². The summed E-state index contributed by atoms with van der Waals surface area (Å²) in [4.78, 5) is 25.4. The Bertz CT molecular complexity index is 1020. The summed E-state index contributed by atoms with van der Waals surface area (Å²) in [6.45, 7) is 6.42. The Morgan fingerprint density at radius 3 is 2.39 bits per heavy atom. The topological polar surface area (TPSA) is 73.2 Å². The Labute approximate surface area is 187 Å². The SMILES string of the molecule is Cc1nn(Cc2ccccc2)c(C)c1CNC(=O)COC(=O)C(C)Sc1ccccc1. The summed E-state index contributed by atoms with van der Waals surface area (Å²) in [6, 6.07) is 19.7. The molecule has 1 unspecified atom stereocenters. The van der Waals surface area contributed by atoms with E-state index in [1.54, 1.807) is 6.92 Å². The van der Waals surface area contributed by atoms with Gasteiger partial charge in [0.15, 0.2) is 6.61 Å². The number of carbonyl (C=O) groups excluding carboxylic acids is 2. The summed E-state index contributed by atoms with van der Waals surface area (Å²) in [5, 5.41) is 7.03. The fourth-order valence-corrected chi connectivity index (χ4v) is 4.03. The van der Waals surface area contributed by atoms with E-state index in [1.165, 1.54) is 11.8 Å². The molecule has 1 aromatic heterocycles. The fourth-order valence-electron chi connectivity index (χ4n) is 3.14. The molecular formula is C24H27N3O3S. The molecule has 0 aliphatic carbocycles. The van der Waals surface area contributed by atoms with Gasteiger partial charge in [-0.2, -0.15) is 5.10 Å². The summed E-state index contributed by atoms with van der Waals surface area (Å²) in [7, 11) is 0. The molecule has 2 aromatic carbocycles. The van der Waals surface area contributed by atoms with Crippen molar-refractivity contribution in [2.75, 3.05) is 6.61 Å². The Morgan fingerprint density at radius 1 is 1.06 bits per heavy atom. The average molecular weight is 438 g/mol. The molecule has 0 aliphatic rings. The summed E-state index contributed by atoms with van der Waals surface area (Å²) < 4.78 is 7.12. The molecule has 31 heavy (non-hydrogen) atoms. The molecule has 0 bridgehead atoms. The zero-order chi connectivity index (χ0) is 22.2. The predicted octanol–water partition coefficient (Wildman–Crippen LogP) is 3.89. The lowest BCUT2D eigenvalue weighted by atomic mass is 10.2. The van der Waals surface area contributed by atoms with Gasteiger partial charge in [0.05, 0.1) is 12.2 Å². The van der Waals surface area contributed by atoms with E-state index < -0.39 is 11.2 Å². The number of hydrogen-bond acceptors (Lipinski definition) is 5. The van der Waals surface area contributed by atoms with Crippen molar-refractivity contribution < 1.29 is 14.3 Å². The van der Waals surface area contributed by atoms with Gasteiger partial charge in [0, 0.05) is 22.7 Å². The summed E-state index contributed by atoms with van der Waals surface area (Å²) in [5.74, 6) is -0.744. The van der Waals surface area contributed by atoms with Crippen molar-refractivity contribution in [2.24, 2.45) is 0 Å². The summed E-state index contributed by atoms with van der Waals surface area (Å²) >= 11 is 1.40. The van der Waals surface area contributed by atoms with Crippen molar-refractivity contribution in [3.05, 3.63) is 83.2 Å². The number of aryl methyl sites for hydroxylation is 1. The molecule has 0 aliphatic heterocycles. The molecule has 0 fully saturated rings. The molecule has 0 saturated heterocycles. The van der Waals surface area contributed by atoms with Gasteiger partial charge in [-0.25, -0.2) is 0 Å². The molecule has 0 radical (unpaired) electrons. The number of hydrogen-bond donors (Lipinski definition) is 1. The third-order valence-electron chi connectivity index (χ3n) is 4.90. The van der Waals surface area contributed by atoms with E-state index in [0.717, 1.165) is 27.4 Å². The van der Waals surface area contributed by atoms with Crippen LogP contribution >= 0.6 is 11.8 Å². The van der Waals surface area contributed by atoms with Crippen LogP contribution in [0, 0.1) is 13.8 Å². The number of rotatable bonds is 9. The number of ether oxygens (including phenoxy) is 1. The van der Waals surface area contributed by atoms with Crippen molar-refractivity contribution in [3.8, 4) is 0 Å². The van der Waals surface area contributed by atoms with Crippen LogP contribution in [0.5, 0.6) is 0 Å². The van der Waals surface area contributed by atoms with Crippen molar-refractivity contribution in [1.29, 1.82) is 0 Å². The summed E-state index contributed by atoms with van der Waals surface area (Å²) in [6.07, 6.45) is 0. The molecule has 0 saturated carbocycles. The van der Waals surface area contributed by atoms with Gasteiger partial charge in [-0.05, 0) is 38.5 Å². The molecule has 7 heteroatoms. The van der Waals surface area contributed by atoms with Crippen LogP contribution in [0.2, 0.25) is 0 Å². The molecule has 6 nitrogen and oxygen atoms in total. The smallest absolute Gasteiger partial charge is 0.319 e. The highest BCUT2D eigenvalue weighted by atomic mass is 32.2. The highest BCUT2D eigenvalue weighted by Crippen LogP contribution is 2.23. The van der Waals surface area contributed by atoms with E-state index in [9.17, 15) is 9.59 Å². The molecule has 0 spiro atoms. The highest BCUT2D eigenvalue weighted by Gasteiger charge is 2.18. The third-order valence-corrected chi connectivity index (χ3v) is 5.99. The number of benzene rings is 2. The number of nitrogens with one attached hydrogen (secondary N) is 1. The molecule has 3 rings (SSSR count). The average Bonchev–Trinajstić information content (AvgIpc) is 3.04. The minimum atomic E-state index is -0.410. The fraction of sp³-hybridized carbons (Fsp3) is 0.292. The second kappa shape index (κ2) is 10.8. The van der Waals surface area contributed by atoms with Gasteiger partial charge in [0.1, 0.15) is 5.25 Å². The monoisotopic (exact) mass is 437 g/mol. The van der Waals surface area contributed by atoms with Gasteiger partial charge in [-0.3, -0.25) is 14.3 Å². The van der Waals surface area contributed by atoms with Crippen LogP contribution in [0.3, 0.4) is 0 Å². The minimum Gasteiger partial charge on any atom is -0.455 e. The normalized spacial score (nSPS) is 11.7. The number of carbonyl (C=O) groups is 2. The van der Waals surface area contributed by atoms with Crippen LogP contribution in [-0.2, 0) is 27.4 Å². The van der Waals surface area contributed by atoms with E-state index in [4.69, 9.17) is 4.74 Å². The van der Waals surface area contributed by atoms with Crippen LogP contribution in [-0.4, -0.2) is 33.5 Å². The molecule has 3 aromatic rings. The third kappa shape index (κ3) is 6.46. The molecule has 1 atom stereocenters. The number of nitrogens with zero attached hydrogens (tertiary/aromatic N) is 2. The van der Waals surface area contributed by atoms with Gasteiger partial charge < -0.3 is 10.1 Å². The molecule has 162 valence electrons. The van der Waals surface area contributed by atoms with Crippen molar-refractivity contribution in [3.63, 3.8) is 0 Å². The van der Waals surface area contributed by atoms with Crippen molar-refractivity contribution in [1.82, 2.24) is 15.1 Å². The van der Waals surface area contributed by atoms with Crippen LogP contribution in [0.15, 0.2) is 65.6 Å². The second-order valence-corrected chi connectivity index (χ2v) is 8.66. The Morgan fingerprint density at radius 2 is 1.71 bits per heavy atom. The van der Waals surface area contributed by atoms with Gasteiger partial charge in [0.25, 0.3) is 5.91 Å². The van der Waals surface area contributed by atoms with E-state index >= 15 is 0 Å². The van der Waals surface area contributed by atoms with Crippen LogP contribution in [0.4, 0.5) is 0 Å². The Balaban J connectivity index is 1.47. The number of thioether (sulfide) groups is 1. The van der Waals surface area contributed by atoms with E-state index in [-0.39, 0.29) is 12.5 Å². The van der Waals surface area contributed by atoms with Crippen LogP contribution in [0.25, 0.3) is 0 Å². The van der Waals surface area contributed by atoms with Crippen molar-refractivity contribution in [2.45, 2.75) is 44.0 Å². The lowest BCUT2D eigenvalue weighted by molar-refractivity contribution is -0.147. The summed E-state index contributed by atoms with van der Waals surface area (Å²) in [5.41, 5.74) is 4.02. The lowest BCUT2D eigenvalue weighted by Crippen LogP contribution is -2.30. The highest BCUT2D eigenvalue weighted by molar-refractivity contribution is 8.00. The number of esters is 1. The standard InChI is InChI=1S/C24H27N3O3S/c1-17-22(18(2)27(26-17)15-20-10-6-4-7-11-20)14-25-23(28)16-30-24(29)19(3)31-21-12-8-5-9-13-21/h4-13,19H,14-16H2,1-3H3,(H,25,28). The molecular weight excluding hydrogens is 410 g/mol. The minimum absolute atomic E-state index is 0.297. The van der Waals surface area contributed by atoms with Gasteiger partial charge in [0.2, 0.25) is 0 Å². The molecule has 1 amide bonds. The first-order chi connectivity index (χ1) is 14.9. The first kappa shape index (κ1) is 22.6. The predicted molar refractivity (Wildman–Crippen MR) is 122 cm³/mol. The quantitative estimate of drug-likeness (QED) is 0.406. The largest absolute Gasteiger partial charge is 0.455 e. The first-order valence-electron chi connectivity index (χ1n) is 10.2. The van der Waals surface area contributed by atoms with E-state index in [0.29, 0.717) is 13.1 Å². The lowest BCUT2D eigenvalue weighted by Gasteiger charge is -2.11. The molecule has 1 heterocycles. The Hall–Kier alpha value is -3.06. The maximum Gasteiger partial charge on any atom is 0.319 e. The number of amides is 1. The number of aromatic nitrogens is 2. The maximum atomic E-state index is 12.2. The van der Waals surface area contributed by atoms with Gasteiger partial charge >= 0.3 is 5.97 Å². The van der Waals surface area contributed by atoms with E-state index in [1.807, 2.05) is 67.1 Å². The van der Waals surface area contributed by atoms with Crippen LogP contribution in [0.1, 0.15) is 29.4 Å². The van der Waals surface area contributed by atoms with Gasteiger partial charge in [-0.15, -0.1) is 11.8 Å². The zero-order valence-corrected chi connectivity index (χ0v) is 18.8. The molecule has 1 N–H and O–H groups in total. The van der Waals surface area contributed by atoms with E-state index in [2.05, 4.69) is 22.5 Å². The van der Waals surface area contributed by atoms with Gasteiger partial charge in [-0.1, -0.05) is 48.5 Å². The van der Waals surface area contributed by atoms with Crippen molar-refractivity contribution >= 4 is 23.6 Å². The Kier molecular flexibility index (Phi) is 7.89. The maximum absolute atomic E-state index is 12.2. The zero-order valence-electron chi connectivity index (χ0n) is 18.0.